The van der Waals surface area contributed by atoms with Crippen LogP contribution in [0.5, 0.6) is 5.75 Å². The minimum Gasteiger partial charge on any atom is -0.496 e. The highest BCUT2D eigenvalue weighted by molar-refractivity contribution is 9.10. The first-order valence-corrected chi connectivity index (χ1v) is 7.01. The maximum absolute atomic E-state index is 13.2. The van der Waals surface area contributed by atoms with Crippen LogP contribution in [0.4, 0.5) is 4.39 Å². The van der Waals surface area contributed by atoms with E-state index in [1.165, 1.54) is 12.1 Å². The topological polar surface area (TPSA) is 29.5 Å². The highest BCUT2D eigenvalue weighted by Gasteiger charge is 2.19. The molecule has 2 nitrogen and oxygen atoms in total. The summed E-state index contributed by atoms with van der Waals surface area (Å²) in [4.78, 5) is 0. The van der Waals surface area contributed by atoms with E-state index in [9.17, 15) is 9.50 Å². The minimum absolute atomic E-state index is 0.310. The normalized spacial score (nSPS) is 12.3. The molecule has 20 heavy (non-hydrogen) atoms. The molecule has 0 spiro atoms. The lowest BCUT2D eigenvalue weighted by Crippen LogP contribution is -2.05. The molecule has 0 aliphatic carbocycles. The Balaban J connectivity index is 2.52. The van der Waals surface area contributed by atoms with Crippen LogP contribution in [0.2, 0.25) is 0 Å². The van der Waals surface area contributed by atoms with Crippen LogP contribution < -0.4 is 4.74 Å². The van der Waals surface area contributed by atoms with Gasteiger partial charge in [-0.1, -0.05) is 22.0 Å². The lowest BCUT2D eigenvalue weighted by Gasteiger charge is -2.18. The number of aryl methyl sites for hydroxylation is 2. The SMILES string of the molecule is COc1cc(C)c(Br)cc1C(O)c1ccc(F)cc1C. The summed E-state index contributed by atoms with van der Waals surface area (Å²) in [6, 6.07) is 8.06. The lowest BCUT2D eigenvalue weighted by molar-refractivity contribution is 0.214. The van der Waals surface area contributed by atoms with Crippen molar-refractivity contribution in [1.29, 1.82) is 0 Å². The van der Waals surface area contributed by atoms with Gasteiger partial charge in [-0.3, -0.25) is 0 Å². The third-order valence-corrected chi connectivity index (χ3v) is 4.19. The van der Waals surface area contributed by atoms with E-state index in [4.69, 9.17) is 4.74 Å². The van der Waals surface area contributed by atoms with Crippen LogP contribution >= 0.6 is 15.9 Å². The Morgan fingerprint density at radius 2 is 1.80 bits per heavy atom. The summed E-state index contributed by atoms with van der Waals surface area (Å²) < 4.78 is 19.4. The number of aliphatic hydroxyl groups is 1. The van der Waals surface area contributed by atoms with Gasteiger partial charge in [0.25, 0.3) is 0 Å². The van der Waals surface area contributed by atoms with Crippen LogP contribution in [0, 0.1) is 19.7 Å². The van der Waals surface area contributed by atoms with E-state index >= 15 is 0 Å². The standard InChI is InChI=1S/C16H16BrFO2/c1-9-6-11(18)4-5-12(9)16(19)13-8-14(17)10(2)7-15(13)20-3/h4-8,16,19H,1-3H3. The molecule has 0 saturated carbocycles. The van der Waals surface area contributed by atoms with Crippen molar-refractivity contribution in [3.63, 3.8) is 0 Å². The van der Waals surface area contributed by atoms with Gasteiger partial charge in [0.1, 0.15) is 17.7 Å². The number of ether oxygens (including phenoxy) is 1. The molecule has 0 radical (unpaired) electrons. The largest absolute Gasteiger partial charge is 0.496 e. The van der Waals surface area contributed by atoms with Crippen LogP contribution in [0.1, 0.15) is 28.4 Å². The highest BCUT2D eigenvalue weighted by Crippen LogP contribution is 2.35. The van der Waals surface area contributed by atoms with E-state index in [1.54, 1.807) is 20.1 Å². The third kappa shape index (κ3) is 2.86. The first-order valence-electron chi connectivity index (χ1n) is 6.22. The average molecular weight is 339 g/mol. The van der Waals surface area contributed by atoms with Crippen LogP contribution in [0.3, 0.4) is 0 Å². The zero-order chi connectivity index (χ0) is 14.9. The van der Waals surface area contributed by atoms with Crippen molar-refractivity contribution in [3.8, 4) is 5.75 Å². The summed E-state index contributed by atoms with van der Waals surface area (Å²) in [7, 11) is 1.57. The summed E-state index contributed by atoms with van der Waals surface area (Å²) >= 11 is 3.45. The highest BCUT2D eigenvalue weighted by atomic mass is 79.9. The number of rotatable bonds is 3. The maximum Gasteiger partial charge on any atom is 0.125 e. The van der Waals surface area contributed by atoms with Crippen molar-refractivity contribution in [3.05, 3.63) is 62.9 Å². The molecule has 1 atom stereocenters. The van der Waals surface area contributed by atoms with Gasteiger partial charge in [-0.15, -0.1) is 0 Å². The van der Waals surface area contributed by atoms with Crippen molar-refractivity contribution in [2.75, 3.05) is 7.11 Å². The molecule has 0 aliphatic rings. The van der Waals surface area contributed by atoms with Crippen molar-refractivity contribution in [2.45, 2.75) is 20.0 Å². The van der Waals surface area contributed by atoms with Crippen LogP contribution in [-0.4, -0.2) is 12.2 Å². The zero-order valence-corrected chi connectivity index (χ0v) is 13.2. The average Bonchev–Trinajstić information content (AvgIpc) is 2.40. The van der Waals surface area contributed by atoms with E-state index in [1.807, 2.05) is 19.1 Å². The van der Waals surface area contributed by atoms with Gasteiger partial charge in [-0.05, 0) is 54.8 Å². The van der Waals surface area contributed by atoms with Crippen molar-refractivity contribution < 1.29 is 14.2 Å². The van der Waals surface area contributed by atoms with Crippen LogP contribution in [0.15, 0.2) is 34.8 Å². The number of hydrogen-bond acceptors (Lipinski definition) is 2. The Bertz CT molecular complexity index is 641. The first-order chi connectivity index (χ1) is 9.43. The van der Waals surface area contributed by atoms with E-state index in [-0.39, 0.29) is 5.82 Å². The quantitative estimate of drug-likeness (QED) is 0.904. The molecule has 0 saturated heterocycles. The van der Waals surface area contributed by atoms with E-state index in [0.29, 0.717) is 22.4 Å². The number of methoxy groups -OCH3 is 1. The van der Waals surface area contributed by atoms with Crippen LogP contribution in [0.25, 0.3) is 0 Å². The number of aliphatic hydroxyl groups excluding tert-OH is 1. The van der Waals surface area contributed by atoms with Crippen molar-refractivity contribution in [2.24, 2.45) is 0 Å². The Hall–Kier alpha value is -1.39. The Morgan fingerprint density at radius 3 is 2.40 bits per heavy atom. The zero-order valence-electron chi connectivity index (χ0n) is 11.6. The monoisotopic (exact) mass is 338 g/mol. The summed E-state index contributed by atoms with van der Waals surface area (Å²) in [6.45, 7) is 3.73. The molecule has 2 aromatic rings. The molecule has 0 aromatic heterocycles. The van der Waals surface area contributed by atoms with Crippen molar-refractivity contribution in [1.82, 2.24) is 0 Å². The summed E-state index contributed by atoms with van der Waals surface area (Å²) in [5, 5.41) is 10.6. The molecule has 0 fully saturated rings. The molecular formula is C16H16BrFO2. The molecule has 0 aliphatic heterocycles. The fraction of sp³-hybridized carbons (Fsp3) is 0.250. The predicted molar refractivity (Wildman–Crippen MR) is 80.6 cm³/mol. The van der Waals surface area contributed by atoms with Gasteiger partial charge >= 0.3 is 0 Å². The molecule has 0 heterocycles. The number of benzene rings is 2. The second-order valence-corrected chi connectivity index (χ2v) is 5.60. The summed E-state index contributed by atoms with van der Waals surface area (Å²) in [5.41, 5.74) is 3.05. The molecule has 106 valence electrons. The van der Waals surface area contributed by atoms with Crippen molar-refractivity contribution >= 4 is 15.9 Å². The predicted octanol–water partition coefficient (Wildman–Crippen LogP) is 4.30. The molecule has 4 heteroatoms. The van der Waals surface area contributed by atoms with E-state index < -0.39 is 6.10 Å². The second-order valence-electron chi connectivity index (χ2n) is 4.75. The molecule has 2 rings (SSSR count). The maximum atomic E-state index is 13.2. The molecule has 0 amide bonds. The van der Waals surface area contributed by atoms with Gasteiger partial charge in [0.2, 0.25) is 0 Å². The fourth-order valence-corrected chi connectivity index (χ4v) is 2.54. The molecule has 1 N–H and O–H groups in total. The third-order valence-electron chi connectivity index (χ3n) is 3.33. The Labute approximate surface area is 126 Å². The van der Waals surface area contributed by atoms with Gasteiger partial charge in [0, 0.05) is 10.0 Å². The molecule has 0 bridgehead atoms. The minimum atomic E-state index is -0.859. The second kappa shape index (κ2) is 5.94. The Kier molecular flexibility index (Phi) is 4.45. The summed E-state index contributed by atoms with van der Waals surface area (Å²) in [6.07, 6.45) is -0.859. The van der Waals surface area contributed by atoms with Gasteiger partial charge in [-0.25, -0.2) is 4.39 Å². The first kappa shape index (κ1) is 15.0. The summed E-state index contributed by atoms with van der Waals surface area (Å²) in [5.74, 6) is 0.303. The number of hydrogen-bond donors (Lipinski definition) is 1. The van der Waals surface area contributed by atoms with E-state index in [2.05, 4.69) is 15.9 Å². The van der Waals surface area contributed by atoms with Gasteiger partial charge in [-0.2, -0.15) is 0 Å². The Morgan fingerprint density at radius 1 is 1.10 bits per heavy atom. The van der Waals surface area contributed by atoms with E-state index in [0.717, 1.165) is 10.0 Å². The smallest absolute Gasteiger partial charge is 0.125 e. The molecular weight excluding hydrogens is 323 g/mol. The van der Waals surface area contributed by atoms with Gasteiger partial charge in [0.05, 0.1) is 7.11 Å². The number of halogens is 2. The lowest BCUT2D eigenvalue weighted by atomic mass is 9.96. The van der Waals surface area contributed by atoms with Gasteiger partial charge < -0.3 is 9.84 Å². The van der Waals surface area contributed by atoms with Crippen LogP contribution in [-0.2, 0) is 0 Å². The molecule has 1 unspecified atom stereocenters. The molecule has 2 aromatic carbocycles. The fourth-order valence-electron chi connectivity index (χ4n) is 2.17. The van der Waals surface area contributed by atoms with Gasteiger partial charge in [0.15, 0.2) is 0 Å².